The van der Waals surface area contributed by atoms with Gasteiger partial charge in [0.15, 0.2) is 0 Å². The molecule has 2 atom stereocenters. The van der Waals surface area contributed by atoms with Gasteiger partial charge >= 0.3 is 0 Å². The van der Waals surface area contributed by atoms with Crippen LogP contribution < -0.4 is 10.1 Å². The maximum Gasteiger partial charge on any atom is 0.251 e. The van der Waals surface area contributed by atoms with Crippen molar-refractivity contribution in [1.29, 1.82) is 0 Å². The van der Waals surface area contributed by atoms with Crippen LogP contribution in [0.5, 0.6) is 5.75 Å². The van der Waals surface area contributed by atoms with Crippen molar-refractivity contribution in [2.24, 2.45) is 16.7 Å². The maximum atomic E-state index is 12.9. The predicted molar refractivity (Wildman–Crippen MR) is 98.3 cm³/mol. The predicted octanol–water partition coefficient (Wildman–Crippen LogP) is 4.94. The molecule has 1 aromatic carbocycles. The van der Waals surface area contributed by atoms with Gasteiger partial charge in [0.1, 0.15) is 5.75 Å². The van der Waals surface area contributed by atoms with E-state index in [0.717, 1.165) is 35.4 Å². The number of hydrogen-bond acceptors (Lipinski definition) is 2. The number of carbonyl (C=O) groups excluding carboxylic acids is 1. The minimum atomic E-state index is -0.00754. The van der Waals surface area contributed by atoms with Gasteiger partial charge in [-0.05, 0) is 89.4 Å². The fourth-order valence-electron chi connectivity index (χ4n) is 6.71. The van der Waals surface area contributed by atoms with E-state index in [0.29, 0.717) is 16.4 Å². The van der Waals surface area contributed by atoms with E-state index in [2.05, 4.69) is 35.1 Å². The van der Waals surface area contributed by atoms with Gasteiger partial charge in [-0.15, -0.1) is 0 Å². The van der Waals surface area contributed by atoms with Crippen molar-refractivity contribution in [3.05, 3.63) is 28.2 Å². The molecule has 3 nitrogen and oxygen atoms in total. The molecule has 2 unspecified atom stereocenters. The van der Waals surface area contributed by atoms with Crippen molar-refractivity contribution in [2.45, 2.75) is 57.9 Å². The molecule has 0 spiro atoms. The van der Waals surface area contributed by atoms with Crippen molar-refractivity contribution in [1.82, 2.24) is 5.32 Å². The highest BCUT2D eigenvalue weighted by Crippen LogP contribution is 2.66. The smallest absolute Gasteiger partial charge is 0.251 e. The summed E-state index contributed by atoms with van der Waals surface area (Å²) in [4.78, 5) is 12.9. The van der Waals surface area contributed by atoms with Crippen molar-refractivity contribution in [3.8, 4) is 5.75 Å². The fraction of sp³-hybridized carbons (Fsp3) is 0.650. The lowest BCUT2D eigenvalue weighted by atomic mass is 9.43. The van der Waals surface area contributed by atoms with E-state index in [1.54, 1.807) is 7.11 Å². The van der Waals surface area contributed by atoms with Crippen LogP contribution in [-0.2, 0) is 0 Å². The molecular weight excluding hydrogens is 366 g/mol. The molecule has 1 amide bonds. The Kier molecular flexibility index (Phi) is 3.58. The van der Waals surface area contributed by atoms with Gasteiger partial charge < -0.3 is 10.1 Å². The Morgan fingerprint density at radius 1 is 1.17 bits per heavy atom. The van der Waals surface area contributed by atoms with E-state index < -0.39 is 0 Å². The minimum absolute atomic E-state index is 0.00754. The largest absolute Gasteiger partial charge is 0.496 e. The molecule has 24 heavy (non-hydrogen) atoms. The molecule has 0 saturated heterocycles. The Hall–Kier alpha value is -1.03. The first-order valence-electron chi connectivity index (χ1n) is 8.90. The molecule has 0 aliphatic heterocycles. The normalized spacial score (nSPS) is 39.8. The van der Waals surface area contributed by atoms with Gasteiger partial charge in [0.25, 0.3) is 5.91 Å². The maximum absolute atomic E-state index is 12.9. The Morgan fingerprint density at radius 2 is 1.83 bits per heavy atom. The van der Waals surface area contributed by atoms with Gasteiger partial charge in [0.05, 0.1) is 11.6 Å². The second kappa shape index (κ2) is 5.23. The zero-order chi connectivity index (χ0) is 17.2. The summed E-state index contributed by atoms with van der Waals surface area (Å²) in [6.07, 6.45) is 7.43. The monoisotopic (exact) mass is 391 g/mol. The number of nitrogens with one attached hydrogen (secondary N) is 1. The van der Waals surface area contributed by atoms with E-state index in [4.69, 9.17) is 4.74 Å². The van der Waals surface area contributed by atoms with E-state index in [-0.39, 0.29) is 11.4 Å². The summed E-state index contributed by atoms with van der Waals surface area (Å²) >= 11 is 3.48. The molecule has 0 aromatic heterocycles. The molecule has 0 heterocycles. The number of amides is 1. The first kappa shape index (κ1) is 16.4. The summed E-state index contributed by atoms with van der Waals surface area (Å²) < 4.78 is 6.08. The summed E-state index contributed by atoms with van der Waals surface area (Å²) in [6.45, 7) is 4.86. The summed E-state index contributed by atoms with van der Waals surface area (Å²) in [5.41, 5.74) is 1.50. The molecule has 4 saturated carbocycles. The van der Waals surface area contributed by atoms with Gasteiger partial charge in [0.2, 0.25) is 0 Å². The Morgan fingerprint density at radius 3 is 2.38 bits per heavy atom. The van der Waals surface area contributed by atoms with Crippen molar-refractivity contribution in [3.63, 3.8) is 0 Å². The molecule has 5 rings (SSSR count). The van der Waals surface area contributed by atoms with Crippen molar-refractivity contribution < 1.29 is 9.53 Å². The molecule has 1 N–H and O–H groups in total. The minimum Gasteiger partial charge on any atom is -0.496 e. The first-order chi connectivity index (χ1) is 11.2. The standard InChI is InChI=1S/C20H26BrNO2/c1-18-7-13-8-19(2,10-18)12-20(9-13,11-18)22-17(23)14-4-5-16(24-3)15(21)6-14/h4-6,13H,7-12H2,1-3H3,(H,22,23). The average molecular weight is 392 g/mol. The van der Waals surface area contributed by atoms with Crippen LogP contribution in [0.15, 0.2) is 22.7 Å². The summed E-state index contributed by atoms with van der Waals surface area (Å²) in [6, 6.07) is 5.56. The lowest BCUT2D eigenvalue weighted by Crippen LogP contribution is -2.65. The number of rotatable bonds is 3. The van der Waals surface area contributed by atoms with Crippen molar-refractivity contribution in [2.75, 3.05) is 7.11 Å². The van der Waals surface area contributed by atoms with Crippen LogP contribution in [0, 0.1) is 16.7 Å². The van der Waals surface area contributed by atoms with Crippen LogP contribution >= 0.6 is 15.9 Å². The number of methoxy groups -OCH3 is 1. The second-order valence-corrected chi connectivity index (χ2v) is 10.1. The summed E-state index contributed by atoms with van der Waals surface area (Å²) in [5, 5.41) is 3.46. The summed E-state index contributed by atoms with van der Waals surface area (Å²) in [5.74, 6) is 1.58. The van der Waals surface area contributed by atoms with Gasteiger partial charge in [-0.1, -0.05) is 13.8 Å². The number of benzene rings is 1. The Labute approximate surface area is 152 Å². The topological polar surface area (TPSA) is 38.3 Å². The van der Waals surface area contributed by atoms with E-state index in [1.807, 2.05) is 18.2 Å². The molecule has 4 heteroatoms. The third-order valence-electron chi connectivity index (χ3n) is 6.42. The van der Waals surface area contributed by atoms with Gasteiger partial charge in [-0.2, -0.15) is 0 Å². The quantitative estimate of drug-likeness (QED) is 0.792. The van der Waals surface area contributed by atoms with Gasteiger partial charge in [0, 0.05) is 11.1 Å². The highest BCUT2D eigenvalue weighted by molar-refractivity contribution is 9.10. The molecule has 4 aliphatic carbocycles. The van der Waals surface area contributed by atoms with Crippen LogP contribution in [0.3, 0.4) is 0 Å². The van der Waals surface area contributed by atoms with Gasteiger partial charge in [-0.3, -0.25) is 4.79 Å². The second-order valence-electron chi connectivity index (χ2n) is 9.21. The van der Waals surface area contributed by atoms with Crippen LogP contribution in [0.25, 0.3) is 0 Å². The lowest BCUT2D eigenvalue weighted by Gasteiger charge is -2.65. The highest BCUT2D eigenvalue weighted by atomic mass is 79.9. The number of halogens is 1. The Balaban J connectivity index is 1.59. The molecule has 4 bridgehead atoms. The third-order valence-corrected chi connectivity index (χ3v) is 7.04. The molecule has 4 aliphatic rings. The SMILES string of the molecule is COc1ccc(C(=O)NC23CC4CC(C)(CC(C)(C4)C2)C3)cc1Br. The molecule has 4 fully saturated rings. The van der Waals surface area contributed by atoms with E-state index in [1.165, 1.54) is 19.3 Å². The van der Waals surface area contributed by atoms with E-state index >= 15 is 0 Å². The fourth-order valence-corrected chi connectivity index (χ4v) is 7.25. The highest BCUT2D eigenvalue weighted by Gasteiger charge is 2.60. The Bertz CT molecular complexity index is 683. The molecular formula is C20H26BrNO2. The number of hydrogen-bond donors (Lipinski definition) is 1. The van der Waals surface area contributed by atoms with Crippen molar-refractivity contribution >= 4 is 21.8 Å². The van der Waals surface area contributed by atoms with Crippen LogP contribution in [-0.4, -0.2) is 18.6 Å². The first-order valence-corrected chi connectivity index (χ1v) is 9.69. The molecule has 130 valence electrons. The molecule has 0 radical (unpaired) electrons. The zero-order valence-electron chi connectivity index (χ0n) is 14.7. The van der Waals surface area contributed by atoms with E-state index in [9.17, 15) is 4.79 Å². The van der Waals surface area contributed by atoms with Gasteiger partial charge in [-0.25, -0.2) is 0 Å². The van der Waals surface area contributed by atoms with Crippen LogP contribution in [0.4, 0.5) is 0 Å². The zero-order valence-corrected chi connectivity index (χ0v) is 16.3. The molecule has 1 aromatic rings. The van der Waals surface area contributed by atoms with Crippen LogP contribution in [0.1, 0.15) is 62.7 Å². The average Bonchev–Trinajstić information content (AvgIpc) is 2.42. The third kappa shape index (κ3) is 2.67. The number of carbonyl (C=O) groups is 1. The van der Waals surface area contributed by atoms with Crippen LogP contribution in [0.2, 0.25) is 0 Å². The lowest BCUT2D eigenvalue weighted by molar-refractivity contribution is -0.114. The number of ether oxygens (including phenoxy) is 1. The summed E-state index contributed by atoms with van der Waals surface area (Å²) in [7, 11) is 1.64.